The summed E-state index contributed by atoms with van der Waals surface area (Å²) in [6, 6.07) is 5.44. The van der Waals surface area contributed by atoms with Crippen LogP contribution in [0.3, 0.4) is 0 Å². The number of carbonyl (C=O) groups is 1. The SMILES string of the molecule is CCCn1cnnc1CN(C)CC(=O)Nc1ccc(Cl)c(C)c1. The number of halogens is 1. The average molecular weight is 336 g/mol. The van der Waals surface area contributed by atoms with Crippen LogP contribution in [0.2, 0.25) is 5.02 Å². The zero-order valence-electron chi connectivity index (χ0n) is 13.7. The Bertz CT molecular complexity index is 670. The predicted molar refractivity (Wildman–Crippen MR) is 91.5 cm³/mol. The van der Waals surface area contributed by atoms with E-state index in [1.54, 1.807) is 18.5 Å². The molecule has 0 bridgehead atoms. The Labute approximate surface area is 141 Å². The molecule has 1 aromatic carbocycles. The second-order valence-corrected chi connectivity index (χ2v) is 6.03. The molecule has 23 heavy (non-hydrogen) atoms. The highest BCUT2D eigenvalue weighted by Crippen LogP contribution is 2.19. The van der Waals surface area contributed by atoms with Crippen molar-refractivity contribution >= 4 is 23.2 Å². The Morgan fingerprint density at radius 2 is 2.22 bits per heavy atom. The summed E-state index contributed by atoms with van der Waals surface area (Å²) >= 11 is 5.99. The van der Waals surface area contributed by atoms with Crippen molar-refractivity contribution in [3.63, 3.8) is 0 Å². The quantitative estimate of drug-likeness (QED) is 0.845. The first-order valence-electron chi connectivity index (χ1n) is 7.60. The van der Waals surface area contributed by atoms with Crippen LogP contribution in [0.1, 0.15) is 24.7 Å². The van der Waals surface area contributed by atoms with Crippen LogP contribution < -0.4 is 5.32 Å². The number of nitrogens with one attached hydrogen (secondary N) is 1. The van der Waals surface area contributed by atoms with Crippen molar-refractivity contribution < 1.29 is 4.79 Å². The molecule has 0 saturated carbocycles. The molecular weight excluding hydrogens is 314 g/mol. The molecule has 0 saturated heterocycles. The molecule has 1 N–H and O–H groups in total. The van der Waals surface area contributed by atoms with Gasteiger partial charge in [0, 0.05) is 17.3 Å². The fourth-order valence-electron chi connectivity index (χ4n) is 2.29. The summed E-state index contributed by atoms with van der Waals surface area (Å²) in [6.07, 6.45) is 2.74. The van der Waals surface area contributed by atoms with Gasteiger partial charge in [0.25, 0.3) is 0 Å². The Morgan fingerprint density at radius 1 is 1.43 bits per heavy atom. The van der Waals surface area contributed by atoms with Gasteiger partial charge < -0.3 is 9.88 Å². The first-order chi connectivity index (χ1) is 11.0. The molecule has 0 radical (unpaired) electrons. The maximum atomic E-state index is 12.1. The number of anilines is 1. The van der Waals surface area contributed by atoms with E-state index in [2.05, 4.69) is 22.4 Å². The number of likely N-dealkylation sites (N-methyl/N-ethyl adjacent to an activating group) is 1. The van der Waals surface area contributed by atoms with E-state index in [4.69, 9.17) is 11.6 Å². The Balaban J connectivity index is 1.89. The second kappa shape index (κ2) is 8.08. The number of amides is 1. The van der Waals surface area contributed by atoms with Crippen LogP contribution in [0.4, 0.5) is 5.69 Å². The van der Waals surface area contributed by atoms with Gasteiger partial charge in [-0.05, 0) is 44.2 Å². The maximum Gasteiger partial charge on any atom is 0.238 e. The van der Waals surface area contributed by atoms with E-state index in [9.17, 15) is 4.79 Å². The van der Waals surface area contributed by atoms with E-state index < -0.39 is 0 Å². The monoisotopic (exact) mass is 335 g/mol. The van der Waals surface area contributed by atoms with E-state index in [1.807, 2.05) is 29.5 Å². The number of hydrogen-bond acceptors (Lipinski definition) is 4. The number of aryl methyl sites for hydroxylation is 2. The van der Waals surface area contributed by atoms with Crippen LogP contribution in [-0.4, -0.2) is 39.2 Å². The third kappa shape index (κ3) is 5.04. The van der Waals surface area contributed by atoms with Gasteiger partial charge in [0.05, 0.1) is 13.1 Å². The van der Waals surface area contributed by atoms with E-state index in [1.165, 1.54) is 0 Å². The van der Waals surface area contributed by atoms with Gasteiger partial charge >= 0.3 is 0 Å². The van der Waals surface area contributed by atoms with Crippen LogP contribution in [0.15, 0.2) is 24.5 Å². The topological polar surface area (TPSA) is 63.1 Å². The standard InChI is InChI=1S/C16H22ClN5O/c1-4-7-22-11-18-20-15(22)9-21(3)10-16(23)19-13-5-6-14(17)12(2)8-13/h5-6,8,11H,4,7,9-10H2,1-3H3,(H,19,23). The minimum Gasteiger partial charge on any atom is -0.325 e. The molecule has 124 valence electrons. The minimum atomic E-state index is -0.0734. The largest absolute Gasteiger partial charge is 0.325 e. The van der Waals surface area contributed by atoms with Gasteiger partial charge in [0.15, 0.2) is 0 Å². The number of nitrogens with zero attached hydrogens (tertiary/aromatic N) is 4. The lowest BCUT2D eigenvalue weighted by Crippen LogP contribution is -2.30. The Kier molecular flexibility index (Phi) is 6.12. The van der Waals surface area contributed by atoms with Crippen molar-refractivity contribution in [2.45, 2.75) is 33.4 Å². The van der Waals surface area contributed by atoms with Crippen LogP contribution in [-0.2, 0) is 17.9 Å². The molecular formula is C16H22ClN5O. The number of aromatic nitrogens is 3. The smallest absolute Gasteiger partial charge is 0.238 e. The normalized spacial score (nSPS) is 11.0. The minimum absolute atomic E-state index is 0.0734. The zero-order valence-corrected chi connectivity index (χ0v) is 14.5. The summed E-state index contributed by atoms with van der Waals surface area (Å²) < 4.78 is 2.01. The first-order valence-corrected chi connectivity index (χ1v) is 7.98. The summed E-state index contributed by atoms with van der Waals surface area (Å²) in [5.74, 6) is 0.792. The number of benzene rings is 1. The van der Waals surface area contributed by atoms with Gasteiger partial charge in [0.1, 0.15) is 12.2 Å². The Hall–Kier alpha value is -1.92. The number of carbonyl (C=O) groups excluding carboxylic acids is 1. The highest BCUT2D eigenvalue weighted by atomic mass is 35.5. The summed E-state index contributed by atoms with van der Waals surface area (Å²) in [6.45, 7) is 5.75. The summed E-state index contributed by atoms with van der Waals surface area (Å²) in [7, 11) is 1.89. The number of rotatable bonds is 7. The highest BCUT2D eigenvalue weighted by molar-refractivity contribution is 6.31. The average Bonchev–Trinajstić information content (AvgIpc) is 2.90. The van der Waals surface area contributed by atoms with Gasteiger partial charge in [-0.2, -0.15) is 0 Å². The molecule has 1 aromatic heterocycles. The van der Waals surface area contributed by atoms with Gasteiger partial charge in [-0.25, -0.2) is 0 Å². The van der Waals surface area contributed by atoms with Gasteiger partial charge in [-0.15, -0.1) is 10.2 Å². The van der Waals surface area contributed by atoms with E-state index in [0.717, 1.165) is 30.0 Å². The zero-order chi connectivity index (χ0) is 16.8. The molecule has 0 fully saturated rings. The fourth-order valence-corrected chi connectivity index (χ4v) is 2.41. The van der Waals surface area contributed by atoms with Gasteiger partial charge in [0.2, 0.25) is 5.91 Å². The van der Waals surface area contributed by atoms with Crippen molar-refractivity contribution in [3.8, 4) is 0 Å². The van der Waals surface area contributed by atoms with E-state index in [-0.39, 0.29) is 12.5 Å². The van der Waals surface area contributed by atoms with Crippen molar-refractivity contribution in [3.05, 3.63) is 40.9 Å². The Morgan fingerprint density at radius 3 is 2.91 bits per heavy atom. The lowest BCUT2D eigenvalue weighted by Gasteiger charge is -2.16. The summed E-state index contributed by atoms with van der Waals surface area (Å²) in [4.78, 5) is 14.0. The molecule has 0 unspecified atom stereocenters. The lowest BCUT2D eigenvalue weighted by molar-refractivity contribution is -0.117. The van der Waals surface area contributed by atoms with Crippen LogP contribution in [0.5, 0.6) is 0 Å². The first kappa shape index (κ1) is 17.4. The molecule has 2 aromatic rings. The number of hydrogen-bond donors (Lipinski definition) is 1. The van der Waals surface area contributed by atoms with E-state index >= 15 is 0 Å². The fraction of sp³-hybridized carbons (Fsp3) is 0.438. The van der Waals surface area contributed by atoms with Crippen molar-refractivity contribution in [1.82, 2.24) is 19.7 Å². The van der Waals surface area contributed by atoms with Gasteiger partial charge in [-0.1, -0.05) is 18.5 Å². The summed E-state index contributed by atoms with van der Waals surface area (Å²) in [5.41, 5.74) is 1.69. The maximum absolute atomic E-state index is 12.1. The lowest BCUT2D eigenvalue weighted by atomic mass is 10.2. The molecule has 1 amide bonds. The highest BCUT2D eigenvalue weighted by Gasteiger charge is 2.11. The molecule has 0 aliphatic rings. The predicted octanol–water partition coefficient (Wildman–Crippen LogP) is 2.72. The molecule has 2 rings (SSSR count). The van der Waals surface area contributed by atoms with E-state index in [0.29, 0.717) is 11.6 Å². The molecule has 1 heterocycles. The molecule has 0 aliphatic heterocycles. The molecule has 7 heteroatoms. The van der Waals surface area contributed by atoms with Crippen molar-refractivity contribution in [2.75, 3.05) is 18.9 Å². The third-order valence-corrected chi connectivity index (χ3v) is 3.85. The van der Waals surface area contributed by atoms with Crippen molar-refractivity contribution in [2.24, 2.45) is 0 Å². The third-order valence-electron chi connectivity index (χ3n) is 3.43. The summed E-state index contributed by atoms with van der Waals surface area (Å²) in [5, 5.41) is 11.6. The molecule has 6 nitrogen and oxygen atoms in total. The molecule has 0 spiro atoms. The van der Waals surface area contributed by atoms with Crippen molar-refractivity contribution in [1.29, 1.82) is 0 Å². The van der Waals surface area contributed by atoms with Crippen LogP contribution in [0, 0.1) is 6.92 Å². The molecule has 0 aliphatic carbocycles. The second-order valence-electron chi connectivity index (χ2n) is 5.62. The molecule has 0 atom stereocenters. The van der Waals surface area contributed by atoms with Crippen LogP contribution in [0.25, 0.3) is 0 Å². The van der Waals surface area contributed by atoms with Gasteiger partial charge in [-0.3, -0.25) is 9.69 Å². The van der Waals surface area contributed by atoms with Crippen LogP contribution >= 0.6 is 11.6 Å².